The molecule has 0 saturated heterocycles. The molecule has 0 heterocycles. The fourth-order valence-corrected chi connectivity index (χ4v) is 2.25. The first-order chi connectivity index (χ1) is 10.7. The Bertz CT molecular complexity index is 910. The molecule has 0 aliphatic rings. The van der Waals surface area contributed by atoms with Gasteiger partial charge >= 0.3 is 0 Å². The van der Waals surface area contributed by atoms with Crippen LogP contribution in [-0.2, 0) is 0 Å². The lowest BCUT2D eigenvalue weighted by Gasteiger charge is -2.11. The van der Waals surface area contributed by atoms with Crippen LogP contribution in [-0.4, -0.2) is 11.4 Å². The molecule has 4 heteroatoms. The third kappa shape index (κ3) is 2.36. The highest BCUT2D eigenvalue weighted by molar-refractivity contribution is 5.92. The zero-order chi connectivity index (χ0) is 15.5. The first kappa shape index (κ1) is 13.7. The first-order valence-electron chi connectivity index (χ1n) is 6.61. The number of rotatable bonds is 3. The van der Waals surface area contributed by atoms with E-state index in [0.717, 1.165) is 10.8 Å². The molecule has 0 radical (unpaired) electrons. The summed E-state index contributed by atoms with van der Waals surface area (Å²) in [6, 6.07) is 17.5. The molecule has 3 rings (SSSR count). The number of aromatic hydroxyl groups is 1. The van der Waals surface area contributed by atoms with E-state index in [9.17, 15) is 9.90 Å². The lowest BCUT2D eigenvalue weighted by Crippen LogP contribution is -1.93. The molecule has 0 fully saturated rings. The fraction of sp³-hybridized carbons (Fsp3) is 0. The molecule has 0 bridgehead atoms. The van der Waals surface area contributed by atoms with Gasteiger partial charge in [0.25, 0.3) is 0 Å². The van der Waals surface area contributed by atoms with Crippen LogP contribution in [0.1, 0.15) is 15.9 Å². The van der Waals surface area contributed by atoms with Crippen molar-refractivity contribution in [2.45, 2.75) is 0 Å². The van der Waals surface area contributed by atoms with Gasteiger partial charge in [-0.25, -0.2) is 0 Å². The van der Waals surface area contributed by atoms with Crippen LogP contribution in [0.3, 0.4) is 0 Å². The first-order valence-corrected chi connectivity index (χ1v) is 6.61. The third-order valence-corrected chi connectivity index (χ3v) is 3.34. The normalized spacial score (nSPS) is 10.1. The third-order valence-electron chi connectivity index (χ3n) is 3.34. The minimum atomic E-state index is -0.159. The van der Waals surface area contributed by atoms with Crippen LogP contribution in [0.25, 0.3) is 10.8 Å². The minimum Gasteiger partial charge on any atom is -0.506 e. The Labute approximate surface area is 126 Å². The standard InChI is InChI=1S/C18H11NO3/c19-10-15-16(21)6-3-7-17(15)22-18-9-13-5-2-1-4-12(13)8-14(18)11-20/h1-9,11,21H. The molecule has 0 aliphatic heterocycles. The molecule has 0 atom stereocenters. The monoisotopic (exact) mass is 289 g/mol. The molecule has 22 heavy (non-hydrogen) atoms. The van der Waals surface area contributed by atoms with E-state index in [-0.39, 0.29) is 17.1 Å². The molecule has 106 valence electrons. The molecule has 0 aromatic heterocycles. The number of nitrogens with zero attached hydrogens (tertiary/aromatic N) is 1. The number of carbonyl (C=O) groups is 1. The van der Waals surface area contributed by atoms with Crippen molar-refractivity contribution in [1.29, 1.82) is 5.26 Å². The SMILES string of the molecule is N#Cc1c(O)cccc1Oc1cc2ccccc2cc1C=O. The van der Waals surface area contributed by atoms with Crippen LogP contribution in [0.2, 0.25) is 0 Å². The molecule has 0 aliphatic carbocycles. The Hall–Kier alpha value is -3.32. The maximum atomic E-state index is 11.3. The summed E-state index contributed by atoms with van der Waals surface area (Å²) in [7, 11) is 0. The fourth-order valence-electron chi connectivity index (χ4n) is 2.25. The van der Waals surface area contributed by atoms with E-state index in [0.29, 0.717) is 17.6 Å². The maximum Gasteiger partial charge on any atom is 0.153 e. The zero-order valence-corrected chi connectivity index (χ0v) is 11.5. The van der Waals surface area contributed by atoms with Crippen molar-refractivity contribution in [3.8, 4) is 23.3 Å². The molecular weight excluding hydrogens is 278 g/mol. The number of carbonyl (C=O) groups excluding carboxylic acids is 1. The molecule has 3 aromatic carbocycles. The van der Waals surface area contributed by atoms with Crippen LogP contribution >= 0.6 is 0 Å². The van der Waals surface area contributed by atoms with Crippen LogP contribution in [0.4, 0.5) is 0 Å². The molecule has 1 N–H and O–H groups in total. The molecule has 4 nitrogen and oxygen atoms in total. The highest BCUT2D eigenvalue weighted by atomic mass is 16.5. The summed E-state index contributed by atoms with van der Waals surface area (Å²) in [5.74, 6) is 0.394. The summed E-state index contributed by atoms with van der Waals surface area (Å²) >= 11 is 0. The number of phenolic OH excluding ortho intramolecular Hbond substituents is 1. The molecular formula is C18H11NO3. The smallest absolute Gasteiger partial charge is 0.153 e. The van der Waals surface area contributed by atoms with Crippen molar-refractivity contribution in [1.82, 2.24) is 0 Å². The summed E-state index contributed by atoms with van der Waals surface area (Å²) in [5.41, 5.74) is 0.415. The number of aldehydes is 1. The number of ether oxygens (including phenoxy) is 1. The average molecular weight is 289 g/mol. The molecule has 0 spiro atoms. The molecule has 3 aromatic rings. The van der Waals surface area contributed by atoms with Gasteiger partial charge in [-0.15, -0.1) is 0 Å². The summed E-state index contributed by atoms with van der Waals surface area (Å²) in [6.45, 7) is 0. The zero-order valence-electron chi connectivity index (χ0n) is 11.5. The summed E-state index contributed by atoms with van der Waals surface area (Å²) in [5, 5.41) is 20.7. The van der Waals surface area contributed by atoms with Crippen LogP contribution in [0, 0.1) is 11.3 Å². The predicted octanol–water partition coefficient (Wildman–Crippen LogP) is 4.02. The lowest BCUT2D eigenvalue weighted by atomic mass is 10.1. The maximum absolute atomic E-state index is 11.3. The van der Waals surface area contributed by atoms with Gasteiger partial charge in [0.05, 0.1) is 5.56 Å². The van der Waals surface area contributed by atoms with Gasteiger partial charge in [0.1, 0.15) is 28.9 Å². The van der Waals surface area contributed by atoms with Crippen LogP contribution in [0.5, 0.6) is 17.2 Å². The van der Waals surface area contributed by atoms with E-state index in [4.69, 9.17) is 10.00 Å². The van der Waals surface area contributed by atoms with Crippen molar-refractivity contribution in [2.24, 2.45) is 0 Å². The van der Waals surface area contributed by atoms with Gasteiger partial charge in [-0.05, 0) is 35.0 Å². The topological polar surface area (TPSA) is 70.3 Å². The van der Waals surface area contributed by atoms with Gasteiger partial charge in [-0.2, -0.15) is 5.26 Å². The molecule has 0 unspecified atom stereocenters. The summed E-state index contributed by atoms with van der Waals surface area (Å²) in [4.78, 5) is 11.3. The number of hydrogen-bond donors (Lipinski definition) is 1. The van der Waals surface area contributed by atoms with Crippen LogP contribution in [0.15, 0.2) is 54.6 Å². The molecule has 0 amide bonds. The van der Waals surface area contributed by atoms with E-state index in [1.165, 1.54) is 6.07 Å². The number of hydrogen-bond acceptors (Lipinski definition) is 4. The second-order valence-corrected chi connectivity index (χ2v) is 4.72. The van der Waals surface area contributed by atoms with E-state index < -0.39 is 0 Å². The summed E-state index contributed by atoms with van der Waals surface area (Å²) in [6.07, 6.45) is 0.705. The number of fused-ring (bicyclic) bond motifs is 1. The van der Waals surface area contributed by atoms with Gasteiger partial charge in [0.2, 0.25) is 0 Å². The second-order valence-electron chi connectivity index (χ2n) is 4.72. The van der Waals surface area contributed by atoms with Crippen molar-refractivity contribution < 1.29 is 14.6 Å². The van der Waals surface area contributed by atoms with Crippen molar-refractivity contribution in [3.63, 3.8) is 0 Å². The Morgan fingerprint density at radius 3 is 2.41 bits per heavy atom. The van der Waals surface area contributed by atoms with E-state index in [1.54, 1.807) is 24.3 Å². The average Bonchev–Trinajstić information content (AvgIpc) is 2.54. The number of benzene rings is 3. The highest BCUT2D eigenvalue weighted by Crippen LogP contribution is 2.33. The highest BCUT2D eigenvalue weighted by Gasteiger charge is 2.12. The predicted molar refractivity (Wildman–Crippen MR) is 82.2 cm³/mol. The Kier molecular flexibility index (Phi) is 3.47. The van der Waals surface area contributed by atoms with Gasteiger partial charge in [-0.3, -0.25) is 4.79 Å². The minimum absolute atomic E-state index is 0.0347. The Balaban J connectivity index is 2.13. The summed E-state index contributed by atoms with van der Waals surface area (Å²) < 4.78 is 5.70. The van der Waals surface area contributed by atoms with Crippen LogP contribution < -0.4 is 4.74 Å². The van der Waals surface area contributed by atoms with Gasteiger partial charge in [0.15, 0.2) is 6.29 Å². The van der Waals surface area contributed by atoms with Gasteiger partial charge in [-0.1, -0.05) is 30.3 Å². The quantitative estimate of drug-likeness (QED) is 0.739. The van der Waals surface area contributed by atoms with Crippen molar-refractivity contribution >= 4 is 17.1 Å². The second kappa shape index (κ2) is 5.58. The van der Waals surface area contributed by atoms with E-state index in [1.807, 2.05) is 30.3 Å². The number of nitriles is 1. The lowest BCUT2D eigenvalue weighted by molar-refractivity contribution is 0.112. The van der Waals surface area contributed by atoms with E-state index >= 15 is 0 Å². The van der Waals surface area contributed by atoms with Gasteiger partial charge in [0, 0.05) is 0 Å². The van der Waals surface area contributed by atoms with E-state index in [2.05, 4.69) is 0 Å². The Morgan fingerprint density at radius 1 is 1.00 bits per heavy atom. The van der Waals surface area contributed by atoms with Crippen molar-refractivity contribution in [2.75, 3.05) is 0 Å². The largest absolute Gasteiger partial charge is 0.506 e. The molecule has 0 saturated carbocycles. The number of phenols is 1. The van der Waals surface area contributed by atoms with Crippen molar-refractivity contribution in [3.05, 3.63) is 65.7 Å². The van der Waals surface area contributed by atoms with Gasteiger partial charge < -0.3 is 9.84 Å². The Morgan fingerprint density at radius 2 is 1.73 bits per heavy atom.